The molecular weight excluding hydrogens is 315 g/mol. The van der Waals surface area contributed by atoms with Crippen LogP contribution in [0.5, 0.6) is 0 Å². The lowest BCUT2D eigenvalue weighted by Crippen LogP contribution is -2.43. The number of anilines is 1. The van der Waals surface area contributed by atoms with E-state index in [2.05, 4.69) is 20.6 Å². The van der Waals surface area contributed by atoms with E-state index in [1.807, 2.05) is 18.2 Å². The first-order valence-electron chi connectivity index (χ1n) is 6.36. The van der Waals surface area contributed by atoms with Crippen molar-refractivity contribution in [3.8, 4) is 0 Å². The smallest absolute Gasteiger partial charge is 0.226 e. The zero-order valence-corrected chi connectivity index (χ0v) is 12.9. The molecule has 6 nitrogen and oxygen atoms in total. The number of hydrogen-bond donors (Lipinski definition) is 3. The SMILES string of the molecule is Cl.Cl.O=C(CC1COCCN1)Nc1cccc2[nH]cnc12. The molecule has 1 aliphatic rings. The first kappa shape index (κ1) is 17.7. The minimum Gasteiger partial charge on any atom is -0.378 e. The van der Waals surface area contributed by atoms with Gasteiger partial charge in [-0.2, -0.15) is 0 Å². The number of para-hydroxylation sites is 1. The van der Waals surface area contributed by atoms with Gasteiger partial charge >= 0.3 is 0 Å². The Morgan fingerprint density at radius 2 is 2.29 bits per heavy atom. The second-order valence-corrected chi connectivity index (χ2v) is 4.58. The van der Waals surface area contributed by atoms with Crippen LogP contribution in [0.4, 0.5) is 5.69 Å². The maximum absolute atomic E-state index is 12.0. The number of amides is 1. The van der Waals surface area contributed by atoms with Crippen LogP contribution in [0.2, 0.25) is 0 Å². The first-order chi connectivity index (χ1) is 9.33. The van der Waals surface area contributed by atoms with E-state index in [0.29, 0.717) is 19.6 Å². The molecule has 1 amide bonds. The monoisotopic (exact) mass is 332 g/mol. The van der Waals surface area contributed by atoms with Crippen LogP contribution in [0, 0.1) is 0 Å². The second-order valence-electron chi connectivity index (χ2n) is 4.58. The van der Waals surface area contributed by atoms with Gasteiger partial charge in [0, 0.05) is 19.0 Å². The molecule has 0 radical (unpaired) electrons. The third-order valence-electron chi connectivity index (χ3n) is 3.15. The highest BCUT2D eigenvalue weighted by molar-refractivity contribution is 5.99. The van der Waals surface area contributed by atoms with Crippen LogP contribution in [0.3, 0.4) is 0 Å². The molecule has 1 aromatic carbocycles. The van der Waals surface area contributed by atoms with Crippen LogP contribution in [0.1, 0.15) is 6.42 Å². The predicted octanol–water partition coefficient (Wildman–Crippen LogP) is 1.72. The molecule has 1 fully saturated rings. The number of nitrogens with zero attached hydrogens (tertiary/aromatic N) is 1. The number of aromatic amines is 1. The second kappa shape index (κ2) is 8.19. The van der Waals surface area contributed by atoms with Gasteiger partial charge in [-0.15, -0.1) is 24.8 Å². The third kappa shape index (κ3) is 4.31. The molecule has 2 aromatic rings. The Kier molecular flexibility index (Phi) is 6.91. The van der Waals surface area contributed by atoms with E-state index in [0.717, 1.165) is 23.3 Å². The van der Waals surface area contributed by atoms with Crippen LogP contribution in [-0.4, -0.2) is 41.7 Å². The Morgan fingerprint density at radius 3 is 3.05 bits per heavy atom. The van der Waals surface area contributed by atoms with Gasteiger partial charge in [0.1, 0.15) is 5.52 Å². The number of aromatic nitrogens is 2. The van der Waals surface area contributed by atoms with Crippen molar-refractivity contribution in [1.82, 2.24) is 15.3 Å². The molecule has 8 heteroatoms. The fraction of sp³-hybridized carbons (Fsp3) is 0.385. The molecule has 0 spiro atoms. The number of ether oxygens (including phenoxy) is 1. The Balaban J connectivity index is 0.00000110. The zero-order valence-electron chi connectivity index (χ0n) is 11.3. The molecule has 0 aliphatic carbocycles. The van der Waals surface area contributed by atoms with E-state index in [1.54, 1.807) is 6.33 Å². The lowest BCUT2D eigenvalue weighted by molar-refractivity contribution is -0.117. The Bertz CT molecular complexity index is 584. The third-order valence-corrected chi connectivity index (χ3v) is 3.15. The summed E-state index contributed by atoms with van der Waals surface area (Å²) >= 11 is 0. The Morgan fingerprint density at radius 1 is 1.43 bits per heavy atom. The molecule has 3 N–H and O–H groups in total. The molecule has 1 aliphatic heterocycles. The summed E-state index contributed by atoms with van der Waals surface area (Å²) in [6.45, 7) is 2.09. The van der Waals surface area contributed by atoms with E-state index in [4.69, 9.17) is 4.74 Å². The molecule has 1 saturated heterocycles. The van der Waals surface area contributed by atoms with Gasteiger partial charge in [0.05, 0.1) is 30.7 Å². The number of imidazole rings is 1. The number of rotatable bonds is 3. The van der Waals surface area contributed by atoms with Crippen LogP contribution < -0.4 is 10.6 Å². The summed E-state index contributed by atoms with van der Waals surface area (Å²) in [5, 5.41) is 6.16. The highest BCUT2D eigenvalue weighted by atomic mass is 35.5. The van der Waals surface area contributed by atoms with Crippen molar-refractivity contribution in [2.45, 2.75) is 12.5 Å². The van der Waals surface area contributed by atoms with Crippen LogP contribution in [0.15, 0.2) is 24.5 Å². The zero-order chi connectivity index (χ0) is 13.1. The largest absolute Gasteiger partial charge is 0.378 e. The van der Waals surface area contributed by atoms with Crippen molar-refractivity contribution in [1.29, 1.82) is 0 Å². The van der Waals surface area contributed by atoms with Crippen LogP contribution >= 0.6 is 24.8 Å². The molecule has 0 saturated carbocycles. The van der Waals surface area contributed by atoms with Crippen molar-refractivity contribution < 1.29 is 9.53 Å². The number of nitrogens with one attached hydrogen (secondary N) is 3. The fourth-order valence-electron chi connectivity index (χ4n) is 2.24. The minimum atomic E-state index is -0.0292. The Labute approximate surface area is 134 Å². The highest BCUT2D eigenvalue weighted by Crippen LogP contribution is 2.19. The lowest BCUT2D eigenvalue weighted by Gasteiger charge is -2.23. The van der Waals surface area contributed by atoms with E-state index in [9.17, 15) is 4.79 Å². The maximum Gasteiger partial charge on any atom is 0.226 e. The molecule has 1 aromatic heterocycles. The van der Waals surface area contributed by atoms with Crippen molar-refractivity contribution in [2.24, 2.45) is 0 Å². The van der Waals surface area contributed by atoms with E-state index in [1.165, 1.54) is 0 Å². The fourth-order valence-corrected chi connectivity index (χ4v) is 2.24. The van der Waals surface area contributed by atoms with E-state index >= 15 is 0 Å². The number of carbonyl (C=O) groups is 1. The maximum atomic E-state index is 12.0. The Hall–Kier alpha value is -1.34. The average Bonchev–Trinajstić information content (AvgIpc) is 2.89. The number of H-pyrrole nitrogens is 1. The van der Waals surface area contributed by atoms with Crippen molar-refractivity contribution in [2.75, 3.05) is 25.1 Å². The molecule has 0 bridgehead atoms. The first-order valence-corrected chi connectivity index (χ1v) is 6.36. The van der Waals surface area contributed by atoms with Crippen molar-refractivity contribution in [3.05, 3.63) is 24.5 Å². The van der Waals surface area contributed by atoms with Gasteiger partial charge in [0.15, 0.2) is 0 Å². The summed E-state index contributed by atoms with van der Waals surface area (Å²) in [4.78, 5) is 19.2. The molecule has 2 heterocycles. The number of morpholine rings is 1. The average molecular weight is 333 g/mol. The summed E-state index contributed by atoms with van der Waals surface area (Å²) < 4.78 is 5.33. The molecule has 21 heavy (non-hydrogen) atoms. The summed E-state index contributed by atoms with van der Waals surface area (Å²) in [5.41, 5.74) is 2.43. The van der Waals surface area contributed by atoms with Gasteiger partial charge in [-0.3, -0.25) is 4.79 Å². The van der Waals surface area contributed by atoms with Gasteiger partial charge in [-0.05, 0) is 12.1 Å². The normalized spacial score (nSPS) is 17.6. The van der Waals surface area contributed by atoms with Crippen LogP contribution in [0.25, 0.3) is 11.0 Å². The van der Waals surface area contributed by atoms with E-state index in [-0.39, 0.29) is 36.8 Å². The number of benzene rings is 1. The quantitative estimate of drug-likeness (QED) is 0.799. The summed E-state index contributed by atoms with van der Waals surface area (Å²) in [6, 6.07) is 5.76. The molecule has 3 rings (SSSR count). The van der Waals surface area contributed by atoms with Gasteiger partial charge in [0.2, 0.25) is 5.91 Å². The number of fused-ring (bicyclic) bond motifs is 1. The van der Waals surface area contributed by atoms with Gasteiger partial charge in [-0.1, -0.05) is 6.07 Å². The molecule has 1 atom stereocenters. The molecular formula is C13H18Cl2N4O2. The number of carbonyl (C=O) groups excluding carboxylic acids is 1. The van der Waals surface area contributed by atoms with Gasteiger partial charge < -0.3 is 20.4 Å². The van der Waals surface area contributed by atoms with Gasteiger partial charge in [0.25, 0.3) is 0 Å². The van der Waals surface area contributed by atoms with Crippen molar-refractivity contribution in [3.63, 3.8) is 0 Å². The standard InChI is InChI=1S/C13H16N4O2.2ClH/c18-12(6-9-7-19-5-4-14-9)17-11-3-1-2-10-13(11)16-8-15-10;;/h1-3,8-9,14H,4-7H2,(H,15,16)(H,17,18);2*1H. The summed E-state index contributed by atoms with van der Waals surface area (Å²) in [5.74, 6) is -0.0292. The van der Waals surface area contributed by atoms with Crippen LogP contribution in [-0.2, 0) is 9.53 Å². The van der Waals surface area contributed by atoms with Crippen molar-refractivity contribution >= 4 is 47.4 Å². The minimum absolute atomic E-state index is 0. The lowest BCUT2D eigenvalue weighted by atomic mass is 10.2. The number of halogens is 2. The van der Waals surface area contributed by atoms with E-state index < -0.39 is 0 Å². The predicted molar refractivity (Wildman–Crippen MR) is 86.4 cm³/mol. The molecule has 116 valence electrons. The molecule has 1 unspecified atom stereocenters. The topological polar surface area (TPSA) is 79.0 Å². The number of hydrogen-bond acceptors (Lipinski definition) is 4. The summed E-state index contributed by atoms with van der Waals surface area (Å²) in [6.07, 6.45) is 2.03. The van der Waals surface area contributed by atoms with Gasteiger partial charge in [-0.25, -0.2) is 4.98 Å². The summed E-state index contributed by atoms with van der Waals surface area (Å²) in [7, 11) is 0. The highest BCUT2D eigenvalue weighted by Gasteiger charge is 2.17.